The van der Waals surface area contributed by atoms with Gasteiger partial charge in [0, 0.05) is 24.5 Å². The number of hydrogen-bond acceptors (Lipinski definition) is 4. The summed E-state index contributed by atoms with van der Waals surface area (Å²) < 4.78 is 39.2. The van der Waals surface area contributed by atoms with E-state index in [4.69, 9.17) is 0 Å². The Bertz CT molecular complexity index is 691. The van der Waals surface area contributed by atoms with Crippen molar-refractivity contribution in [3.05, 3.63) is 30.1 Å². The highest BCUT2D eigenvalue weighted by atomic mass is 19.4. The smallest absolute Gasteiger partial charge is 0.356 e. The molecule has 0 amide bonds. The van der Waals surface area contributed by atoms with Gasteiger partial charge in [0.15, 0.2) is 0 Å². The highest BCUT2D eigenvalue weighted by Gasteiger charge is 2.36. The lowest BCUT2D eigenvalue weighted by molar-refractivity contribution is -0.144. The minimum Gasteiger partial charge on any atom is -0.356 e. The van der Waals surface area contributed by atoms with E-state index in [-0.39, 0.29) is 0 Å². The molecule has 1 aromatic carbocycles. The van der Waals surface area contributed by atoms with Gasteiger partial charge >= 0.3 is 6.18 Å². The molecule has 0 aliphatic carbocycles. The van der Waals surface area contributed by atoms with Crippen LogP contribution in [0.2, 0.25) is 0 Å². The Kier molecular flexibility index (Phi) is 4.14. The molecule has 2 aromatic rings. The third kappa shape index (κ3) is 3.24. The van der Waals surface area contributed by atoms with Crippen molar-refractivity contribution in [1.82, 2.24) is 14.9 Å². The lowest BCUT2D eigenvalue weighted by atomic mass is 10.0. The van der Waals surface area contributed by atoms with Gasteiger partial charge in [-0.25, -0.2) is 9.97 Å². The van der Waals surface area contributed by atoms with Crippen LogP contribution in [0.3, 0.4) is 0 Å². The summed E-state index contributed by atoms with van der Waals surface area (Å²) in [7, 11) is 4.06. The number of halogens is 3. The van der Waals surface area contributed by atoms with Crippen LogP contribution in [0.5, 0.6) is 0 Å². The van der Waals surface area contributed by atoms with Crippen molar-refractivity contribution in [2.45, 2.75) is 25.1 Å². The Balaban J connectivity index is 1.99. The van der Waals surface area contributed by atoms with Gasteiger partial charge in [0.1, 0.15) is 5.82 Å². The second-order valence-electron chi connectivity index (χ2n) is 6.07. The van der Waals surface area contributed by atoms with E-state index in [9.17, 15) is 13.2 Å². The van der Waals surface area contributed by atoms with Crippen molar-refractivity contribution in [3.63, 3.8) is 0 Å². The zero-order valence-corrected chi connectivity index (χ0v) is 13.1. The number of fused-ring (bicyclic) bond motifs is 1. The minimum atomic E-state index is -4.54. The first-order chi connectivity index (χ1) is 10.9. The van der Waals surface area contributed by atoms with Gasteiger partial charge in [-0.1, -0.05) is 12.1 Å². The van der Waals surface area contributed by atoms with Crippen LogP contribution < -0.4 is 4.90 Å². The van der Waals surface area contributed by atoms with Crippen molar-refractivity contribution < 1.29 is 13.2 Å². The average molecular weight is 324 g/mol. The number of anilines is 1. The Morgan fingerprint density at radius 2 is 1.74 bits per heavy atom. The summed E-state index contributed by atoms with van der Waals surface area (Å²) in [4.78, 5) is 11.6. The molecule has 1 aliphatic rings. The number of piperidine rings is 1. The summed E-state index contributed by atoms with van der Waals surface area (Å²) in [5, 5.41) is 0.670. The summed E-state index contributed by atoms with van der Waals surface area (Å²) in [6, 6.07) is 7.33. The van der Waals surface area contributed by atoms with Gasteiger partial charge in [0.2, 0.25) is 5.82 Å². The third-order valence-corrected chi connectivity index (χ3v) is 4.33. The van der Waals surface area contributed by atoms with Crippen molar-refractivity contribution in [2.24, 2.45) is 0 Å². The van der Waals surface area contributed by atoms with Crippen LogP contribution in [0.1, 0.15) is 18.7 Å². The molecule has 124 valence electrons. The number of hydrogen-bond donors (Lipinski definition) is 0. The molecule has 0 bridgehead atoms. The maximum atomic E-state index is 13.1. The van der Waals surface area contributed by atoms with Crippen molar-refractivity contribution in [3.8, 4) is 0 Å². The average Bonchev–Trinajstić information content (AvgIpc) is 2.53. The Labute approximate surface area is 132 Å². The summed E-state index contributed by atoms with van der Waals surface area (Å²) in [5.41, 5.74) is 0.333. The van der Waals surface area contributed by atoms with Gasteiger partial charge in [0.25, 0.3) is 0 Å². The SMILES string of the molecule is CN(C)C1CCN(c2nc(C(F)(F)F)nc3ccccc23)CC1. The van der Waals surface area contributed by atoms with Gasteiger partial charge in [-0.15, -0.1) is 0 Å². The second kappa shape index (κ2) is 5.96. The molecule has 4 nitrogen and oxygen atoms in total. The van der Waals surface area contributed by atoms with Crippen LogP contribution in [0.15, 0.2) is 24.3 Å². The standard InChI is InChI=1S/C16H19F3N4/c1-22(2)11-7-9-23(10-8-11)14-12-5-3-4-6-13(12)20-15(21-14)16(17,18)19/h3-6,11H,7-10H2,1-2H3. The van der Waals surface area contributed by atoms with Crippen LogP contribution in [0.4, 0.5) is 19.0 Å². The van der Waals surface area contributed by atoms with Gasteiger partial charge in [0.05, 0.1) is 5.52 Å². The molecule has 0 unspecified atom stereocenters. The largest absolute Gasteiger partial charge is 0.451 e. The van der Waals surface area contributed by atoms with Crippen LogP contribution in [-0.2, 0) is 6.18 Å². The van der Waals surface area contributed by atoms with E-state index in [1.807, 2.05) is 19.0 Å². The number of nitrogens with zero attached hydrogens (tertiary/aromatic N) is 4. The number of rotatable bonds is 2. The molecule has 7 heteroatoms. The van der Waals surface area contributed by atoms with Gasteiger partial charge in [-0.05, 0) is 39.1 Å². The number of aromatic nitrogens is 2. The summed E-state index contributed by atoms with van der Waals surface area (Å²) in [5.74, 6) is -0.680. The monoisotopic (exact) mass is 324 g/mol. The van der Waals surface area contributed by atoms with E-state index >= 15 is 0 Å². The molecule has 2 heterocycles. The lowest BCUT2D eigenvalue weighted by Crippen LogP contribution is -2.42. The summed E-state index contributed by atoms with van der Waals surface area (Å²) >= 11 is 0. The summed E-state index contributed by atoms with van der Waals surface area (Å²) in [6.45, 7) is 1.39. The quantitative estimate of drug-likeness (QED) is 0.849. The van der Waals surface area contributed by atoms with Gasteiger partial charge in [-0.3, -0.25) is 0 Å². The fourth-order valence-corrected chi connectivity index (χ4v) is 3.02. The maximum Gasteiger partial charge on any atom is 0.451 e. The Hall–Kier alpha value is -1.89. The first-order valence-corrected chi connectivity index (χ1v) is 7.61. The van der Waals surface area contributed by atoms with Gasteiger partial charge in [-0.2, -0.15) is 13.2 Å². The third-order valence-electron chi connectivity index (χ3n) is 4.33. The van der Waals surface area contributed by atoms with Crippen molar-refractivity contribution in [1.29, 1.82) is 0 Å². The first-order valence-electron chi connectivity index (χ1n) is 7.61. The molecule has 1 saturated heterocycles. The predicted molar refractivity (Wildman–Crippen MR) is 83.5 cm³/mol. The zero-order chi connectivity index (χ0) is 16.6. The topological polar surface area (TPSA) is 32.3 Å². The van der Waals surface area contributed by atoms with Crippen LogP contribution in [0.25, 0.3) is 10.9 Å². The zero-order valence-electron chi connectivity index (χ0n) is 13.1. The van der Waals surface area contributed by atoms with E-state index in [0.29, 0.717) is 35.9 Å². The van der Waals surface area contributed by atoms with Crippen LogP contribution in [0, 0.1) is 0 Å². The second-order valence-corrected chi connectivity index (χ2v) is 6.07. The molecule has 0 N–H and O–H groups in total. The fraction of sp³-hybridized carbons (Fsp3) is 0.500. The maximum absolute atomic E-state index is 13.1. The minimum absolute atomic E-state index is 0.333. The number of alkyl halides is 3. The first kappa shape index (κ1) is 16.0. The van der Waals surface area contributed by atoms with Crippen molar-refractivity contribution >= 4 is 16.7 Å². The highest BCUT2D eigenvalue weighted by Crippen LogP contribution is 2.32. The molecule has 1 aliphatic heterocycles. The fourth-order valence-electron chi connectivity index (χ4n) is 3.02. The van der Waals surface area contributed by atoms with E-state index in [1.165, 1.54) is 0 Å². The Morgan fingerprint density at radius 1 is 1.09 bits per heavy atom. The van der Waals surface area contributed by atoms with E-state index in [1.54, 1.807) is 24.3 Å². The molecule has 1 aromatic heterocycles. The molecule has 0 atom stereocenters. The molecule has 0 radical (unpaired) electrons. The highest BCUT2D eigenvalue weighted by molar-refractivity contribution is 5.89. The van der Waals surface area contributed by atoms with E-state index < -0.39 is 12.0 Å². The molecular weight excluding hydrogens is 305 g/mol. The molecule has 0 spiro atoms. The van der Waals surface area contributed by atoms with Crippen molar-refractivity contribution in [2.75, 3.05) is 32.1 Å². The van der Waals surface area contributed by atoms with E-state index in [0.717, 1.165) is 12.8 Å². The van der Waals surface area contributed by atoms with E-state index in [2.05, 4.69) is 14.9 Å². The normalized spacial score (nSPS) is 17.2. The molecule has 1 fully saturated rings. The summed E-state index contributed by atoms with van der Waals surface area (Å²) in [6.07, 6.45) is -2.72. The number of benzene rings is 1. The Morgan fingerprint density at radius 3 is 2.35 bits per heavy atom. The van der Waals surface area contributed by atoms with Crippen LogP contribution in [-0.4, -0.2) is 48.1 Å². The molecular formula is C16H19F3N4. The molecule has 0 saturated carbocycles. The van der Waals surface area contributed by atoms with Crippen LogP contribution >= 0.6 is 0 Å². The molecule has 23 heavy (non-hydrogen) atoms. The lowest BCUT2D eigenvalue weighted by Gasteiger charge is -2.36. The molecule has 3 rings (SSSR count). The number of para-hydroxylation sites is 1. The van der Waals surface area contributed by atoms with Gasteiger partial charge < -0.3 is 9.80 Å². The predicted octanol–water partition coefficient (Wildman–Crippen LogP) is 3.18.